The van der Waals surface area contributed by atoms with Crippen LogP contribution in [0.1, 0.15) is 31.4 Å². The Morgan fingerprint density at radius 2 is 1.48 bits per heavy atom. The molecule has 0 fully saturated rings. The Bertz CT molecular complexity index is 1970. The predicted molar refractivity (Wildman–Crippen MR) is 195 cm³/mol. The monoisotopic (exact) mass is 816 g/mol. The minimum Gasteiger partial charge on any atom is -0.481 e. The van der Waals surface area contributed by atoms with Gasteiger partial charge >= 0.3 is 11.9 Å². The molecule has 4 aromatic rings. The highest BCUT2D eigenvalue weighted by Gasteiger charge is 2.35. The number of carboxylic acids is 2. The molecule has 0 radical (unpaired) electrons. The van der Waals surface area contributed by atoms with Crippen molar-refractivity contribution < 1.29 is 48.2 Å². The highest BCUT2D eigenvalue weighted by Crippen LogP contribution is 2.42. The van der Waals surface area contributed by atoms with Crippen LogP contribution in [0.15, 0.2) is 87.9 Å². The van der Waals surface area contributed by atoms with Crippen molar-refractivity contribution in [1.82, 2.24) is 15.8 Å². The third-order valence-corrected chi connectivity index (χ3v) is 10.8. The normalized spacial score (nSPS) is 14.0. The lowest BCUT2D eigenvalue weighted by atomic mass is 10.0. The lowest BCUT2D eigenvalue weighted by Crippen LogP contribution is -2.53. The molecule has 274 valence electrons. The van der Waals surface area contributed by atoms with Gasteiger partial charge in [0.2, 0.25) is 25.1 Å². The molecule has 7 N–H and O–H groups in total. The maximum absolute atomic E-state index is 13.9. The zero-order valence-corrected chi connectivity index (χ0v) is 30.6. The molecule has 0 bridgehead atoms. The van der Waals surface area contributed by atoms with Gasteiger partial charge < -0.3 is 36.0 Å². The van der Waals surface area contributed by atoms with Crippen LogP contribution in [0.4, 0.5) is 0 Å². The van der Waals surface area contributed by atoms with Crippen molar-refractivity contribution in [3.63, 3.8) is 0 Å². The summed E-state index contributed by atoms with van der Waals surface area (Å²) in [4.78, 5) is 72.6. The highest BCUT2D eigenvalue weighted by molar-refractivity contribution is 9.10. The van der Waals surface area contributed by atoms with Crippen LogP contribution in [0.5, 0.6) is 0 Å². The van der Waals surface area contributed by atoms with E-state index in [9.17, 15) is 43.6 Å². The molecular weight excluding hydrogens is 783 g/mol. The molecular formula is C35H35BrClN4O10P. The zero-order valence-electron chi connectivity index (χ0n) is 27.4. The molecule has 0 saturated carbocycles. The minimum atomic E-state index is -4.22. The molecule has 4 atom stereocenters. The van der Waals surface area contributed by atoms with E-state index in [0.717, 1.165) is 11.1 Å². The van der Waals surface area contributed by atoms with Crippen molar-refractivity contribution in [2.75, 3.05) is 6.16 Å². The standard InChI is InChI=1S/C35H35BrClN4O10P/c36-24-8-10-27(11-9-24)52(49,50)19-23(33(45)39-28(13-15-32(43)44)34(46)40-29(35(47)48)12-14-31(38)42)17-26-18-30(41-51-26)21-6-4-20(5-7-21)22-2-1-3-25(37)16-22/h1-11,16,18,23,28-29H,12-15,17,19H2,(H2,38,42)(H,39,45)(H,40,46)(H,43,44)(H,47,48)(H,49,50). The van der Waals surface area contributed by atoms with Crippen LogP contribution < -0.4 is 21.7 Å². The molecule has 3 amide bonds. The fraction of sp³-hybridized carbons (Fsp3) is 0.257. The second-order valence-corrected chi connectivity index (χ2v) is 15.6. The number of benzene rings is 3. The Kier molecular flexibility index (Phi) is 13.9. The van der Waals surface area contributed by atoms with E-state index in [1.54, 1.807) is 24.3 Å². The molecule has 0 spiro atoms. The minimum absolute atomic E-state index is 0.0606. The molecule has 0 aliphatic carbocycles. The summed E-state index contributed by atoms with van der Waals surface area (Å²) in [5.41, 5.74) is 8.03. The molecule has 4 unspecified atom stereocenters. The lowest BCUT2D eigenvalue weighted by Gasteiger charge is -2.24. The molecule has 0 aliphatic heterocycles. The predicted octanol–water partition coefficient (Wildman–Crippen LogP) is 4.36. The van der Waals surface area contributed by atoms with Crippen LogP contribution in [0, 0.1) is 5.92 Å². The van der Waals surface area contributed by atoms with E-state index in [2.05, 4.69) is 31.7 Å². The van der Waals surface area contributed by atoms with Gasteiger partial charge in [0.25, 0.3) is 0 Å². The third-order valence-electron chi connectivity index (χ3n) is 7.99. The van der Waals surface area contributed by atoms with Crippen molar-refractivity contribution >= 4 is 69.9 Å². The van der Waals surface area contributed by atoms with Crippen LogP contribution >= 0.6 is 34.9 Å². The molecule has 52 heavy (non-hydrogen) atoms. The number of hydrogen-bond donors (Lipinski definition) is 6. The summed E-state index contributed by atoms with van der Waals surface area (Å²) in [5, 5.41) is 28.3. The molecule has 17 heteroatoms. The van der Waals surface area contributed by atoms with Crippen molar-refractivity contribution in [2.24, 2.45) is 11.7 Å². The third kappa shape index (κ3) is 11.6. The Labute approximate surface area is 311 Å². The van der Waals surface area contributed by atoms with E-state index in [4.69, 9.17) is 21.9 Å². The van der Waals surface area contributed by atoms with E-state index in [1.807, 2.05) is 42.5 Å². The summed E-state index contributed by atoms with van der Waals surface area (Å²) < 4.78 is 19.8. The summed E-state index contributed by atoms with van der Waals surface area (Å²) in [7, 11) is -4.22. The van der Waals surface area contributed by atoms with E-state index in [-0.39, 0.29) is 30.3 Å². The molecule has 14 nitrogen and oxygen atoms in total. The maximum atomic E-state index is 13.9. The fourth-order valence-corrected chi connectivity index (χ4v) is 7.42. The summed E-state index contributed by atoms with van der Waals surface area (Å²) in [6.07, 6.45) is -2.59. The SMILES string of the molecule is NC(=O)CCC(NC(=O)C(CCC(=O)O)NC(=O)C(Cc1cc(-c2ccc(-c3cccc(Cl)c3)cc2)no1)CP(=O)(O)c1ccc(Br)cc1)C(=O)O. The average Bonchev–Trinajstić information content (AvgIpc) is 3.56. The number of nitrogens with one attached hydrogen (secondary N) is 2. The Morgan fingerprint density at radius 3 is 2.10 bits per heavy atom. The van der Waals surface area contributed by atoms with Crippen LogP contribution in [-0.2, 0) is 35.0 Å². The first-order chi connectivity index (χ1) is 24.6. The van der Waals surface area contributed by atoms with Gasteiger partial charge in [-0.05, 0) is 60.4 Å². The van der Waals surface area contributed by atoms with Gasteiger partial charge in [0.15, 0.2) is 0 Å². The van der Waals surface area contributed by atoms with Crippen molar-refractivity contribution in [1.29, 1.82) is 0 Å². The molecule has 0 aliphatic rings. The summed E-state index contributed by atoms with van der Waals surface area (Å²) in [6, 6.07) is 19.2. The molecule has 1 aromatic heterocycles. The summed E-state index contributed by atoms with van der Waals surface area (Å²) in [5.74, 6) is -6.64. The Morgan fingerprint density at radius 1 is 0.846 bits per heavy atom. The van der Waals surface area contributed by atoms with Crippen LogP contribution in [-0.4, -0.2) is 68.2 Å². The van der Waals surface area contributed by atoms with E-state index in [1.165, 1.54) is 12.1 Å². The number of nitrogens with two attached hydrogens (primary N) is 1. The van der Waals surface area contributed by atoms with Crippen LogP contribution in [0.2, 0.25) is 5.02 Å². The molecule has 4 rings (SSSR count). The van der Waals surface area contributed by atoms with Crippen LogP contribution in [0.25, 0.3) is 22.4 Å². The lowest BCUT2D eigenvalue weighted by molar-refractivity contribution is -0.143. The topological polar surface area (TPSA) is 239 Å². The number of carbonyl (C=O) groups is 5. The number of amides is 3. The quantitative estimate of drug-likeness (QED) is 0.0771. The molecule has 1 heterocycles. The van der Waals surface area contributed by atoms with Crippen molar-refractivity contribution in [3.05, 3.63) is 94.1 Å². The van der Waals surface area contributed by atoms with Gasteiger partial charge in [0, 0.05) is 51.9 Å². The smallest absolute Gasteiger partial charge is 0.326 e. The summed E-state index contributed by atoms with van der Waals surface area (Å²) in [6.45, 7) is 0. The van der Waals surface area contributed by atoms with Gasteiger partial charge in [0.1, 0.15) is 23.5 Å². The van der Waals surface area contributed by atoms with Gasteiger partial charge in [-0.1, -0.05) is 69.1 Å². The van der Waals surface area contributed by atoms with E-state index in [0.29, 0.717) is 20.8 Å². The average molecular weight is 818 g/mol. The van der Waals surface area contributed by atoms with Gasteiger partial charge in [-0.2, -0.15) is 0 Å². The van der Waals surface area contributed by atoms with Gasteiger partial charge in [-0.3, -0.25) is 23.7 Å². The number of primary amides is 1. The first kappa shape index (κ1) is 40.0. The maximum Gasteiger partial charge on any atom is 0.326 e. The highest BCUT2D eigenvalue weighted by atomic mass is 79.9. The fourth-order valence-electron chi connectivity index (χ4n) is 5.25. The zero-order chi connectivity index (χ0) is 38.0. The number of carbonyl (C=O) groups excluding carboxylic acids is 3. The molecule has 3 aromatic carbocycles. The van der Waals surface area contributed by atoms with Crippen molar-refractivity contribution in [3.8, 4) is 22.4 Å². The van der Waals surface area contributed by atoms with Crippen molar-refractivity contribution in [2.45, 2.75) is 44.2 Å². The molecule has 0 saturated heterocycles. The number of aromatic nitrogens is 1. The number of halogens is 2. The number of hydrogen-bond acceptors (Lipinski definition) is 8. The van der Waals surface area contributed by atoms with E-state index < -0.39 is 74.0 Å². The number of nitrogens with zero attached hydrogens (tertiary/aromatic N) is 1. The van der Waals surface area contributed by atoms with Gasteiger partial charge in [-0.25, -0.2) is 4.79 Å². The Hall–Kier alpha value is -4.82. The first-order valence-electron chi connectivity index (χ1n) is 15.8. The summed E-state index contributed by atoms with van der Waals surface area (Å²) >= 11 is 9.41. The number of aliphatic carboxylic acids is 2. The number of rotatable bonds is 18. The first-order valence-corrected chi connectivity index (χ1v) is 18.9. The Balaban J connectivity index is 1.59. The van der Waals surface area contributed by atoms with E-state index >= 15 is 0 Å². The second kappa shape index (κ2) is 18.1. The largest absolute Gasteiger partial charge is 0.481 e. The number of carboxylic acid groups (broad SMARTS) is 2. The second-order valence-electron chi connectivity index (χ2n) is 11.9. The van der Waals surface area contributed by atoms with Gasteiger partial charge in [0.05, 0.1) is 5.92 Å². The van der Waals surface area contributed by atoms with Crippen LogP contribution in [0.3, 0.4) is 0 Å². The van der Waals surface area contributed by atoms with Gasteiger partial charge in [-0.15, -0.1) is 0 Å².